The second kappa shape index (κ2) is 5.08. The fourth-order valence-electron chi connectivity index (χ4n) is 1.41. The molecule has 0 radical (unpaired) electrons. The Morgan fingerprint density at radius 1 is 1.44 bits per heavy atom. The van der Waals surface area contributed by atoms with E-state index in [4.69, 9.17) is 11.5 Å². The van der Waals surface area contributed by atoms with Crippen LogP contribution in [0.1, 0.15) is 13.3 Å². The van der Waals surface area contributed by atoms with Crippen molar-refractivity contribution in [3.05, 3.63) is 16.6 Å². The van der Waals surface area contributed by atoms with Gasteiger partial charge in [0.05, 0.1) is 0 Å². The van der Waals surface area contributed by atoms with Crippen LogP contribution in [0, 0.1) is 0 Å². The van der Waals surface area contributed by atoms with Gasteiger partial charge in [-0.25, -0.2) is 14.9 Å². The number of nitrogens with zero attached hydrogens (tertiary/aromatic N) is 4. The monoisotopic (exact) mass is 267 g/mol. The molecule has 9 heteroatoms. The summed E-state index contributed by atoms with van der Waals surface area (Å²) in [5.41, 5.74) is 10.8. The lowest BCUT2D eigenvalue weighted by atomic mass is 10.5. The number of nitrogens with two attached hydrogens (primary N) is 2. The zero-order valence-corrected chi connectivity index (χ0v) is 10.6. The van der Waals surface area contributed by atoms with Gasteiger partial charge in [0.15, 0.2) is 5.16 Å². The van der Waals surface area contributed by atoms with Gasteiger partial charge in [-0.15, -0.1) is 5.10 Å². The second-order valence-corrected chi connectivity index (χ2v) is 4.54. The van der Waals surface area contributed by atoms with Gasteiger partial charge in [-0.3, -0.25) is 4.57 Å². The van der Waals surface area contributed by atoms with Crippen molar-refractivity contribution in [2.45, 2.75) is 30.1 Å². The number of nitrogen functional groups attached to an aromatic ring is 2. The van der Waals surface area contributed by atoms with E-state index in [0.29, 0.717) is 16.7 Å². The third kappa shape index (κ3) is 2.62. The molecular weight excluding hydrogens is 254 g/mol. The van der Waals surface area contributed by atoms with Crippen LogP contribution < -0.4 is 17.2 Å². The van der Waals surface area contributed by atoms with Crippen molar-refractivity contribution in [1.29, 1.82) is 0 Å². The largest absolute Gasteiger partial charge is 0.383 e. The molecule has 0 aromatic carbocycles. The fraction of sp³-hybridized carbons (Fsp3) is 0.333. The number of hydrogen-bond donors (Lipinski definition) is 3. The minimum Gasteiger partial charge on any atom is -0.383 e. The van der Waals surface area contributed by atoms with E-state index in [1.54, 1.807) is 10.6 Å². The first-order chi connectivity index (χ1) is 8.60. The molecule has 0 amide bonds. The highest BCUT2D eigenvalue weighted by Gasteiger charge is 2.11. The van der Waals surface area contributed by atoms with E-state index in [0.717, 1.165) is 6.42 Å². The van der Waals surface area contributed by atoms with Crippen LogP contribution in [0.15, 0.2) is 21.0 Å². The summed E-state index contributed by atoms with van der Waals surface area (Å²) in [4.78, 5) is 19.3. The van der Waals surface area contributed by atoms with Gasteiger partial charge in [0, 0.05) is 12.6 Å². The number of aromatic nitrogens is 5. The van der Waals surface area contributed by atoms with Crippen LogP contribution in [0.5, 0.6) is 0 Å². The maximum Gasteiger partial charge on any atom is 0.343 e. The van der Waals surface area contributed by atoms with Crippen molar-refractivity contribution in [3.8, 4) is 0 Å². The van der Waals surface area contributed by atoms with Crippen LogP contribution in [0.2, 0.25) is 0 Å². The van der Waals surface area contributed by atoms with Gasteiger partial charge in [-0.05, 0) is 18.2 Å². The summed E-state index contributed by atoms with van der Waals surface area (Å²) in [7, 11) is 0. The first kappa shape index (κ1) is 12.4. The van der Waals surface area contributed by atoms with Crippen LogP contribution in [0.4, 0.5) is 11.8 Å². The predicted octanol–water partition coefficient (Wildman–Crippen LogP) is 0.0870. The Morgan fingerprint density at radius 2 is 2.22 bits per heavy atom. The molecule has 2 aromatic rings. The van der Waals surface area contributed by atoms with E-state index in [-0.39, 0.29) is 17.5 Å². The molecule has 5 N–H and O–H groups in total. The molecule has 2 heterocycles. The summed E-state index contributed by atoms with van der Waals surface area (Å²) in [6, 6.07) is 1.58. The molecule has 0 saturated heterocycles. The molecule has 0 atom stereocenters. The first-order valence-corrected chi connectivity index (χ1v) is 6.15. The van der Waals surface area contributed by atoms with Crippen molar-refractivity contribution in [2.24, 2.45) is 0 Å². The number of anilines is 2. The van der Waals surface area contributed by atoms with Crippen molar-refractivity contribution < 1.29 is 0 Å². The average Bonchev–Trinajstić information content (AvgIpc) is 2.60. The van der Waals surface area contributed by atoms with Gasteiger partial charge in [-0.1, -0.05) is 6.92 Å². The van der Waals surface area contributed by atoms with Crippen LogP contribution in [-0.2, 0) is 6.54 Å². The molecule has 2 aromatic heterocycles. The molecule has 0 unspecified atom stereocenters. The third-order valence-corrected chi connectivity index (χ3v) is 3.02. The predicted molar refractivity (Wildman–Crippen MR) is 68.1 cm³/mol. The molecule has 0 bridgehead atoms. The summed E-state index contributed by atoms with van der Waals surface area (Å²) in [5, 5.41) is 7.42. The van der Waals surface area contributed by atoms with Crippen LogP contribution >= 0.6 is 11.8 Å². The molecule has 0 spiro atoms. The molecule has 0 aliphatic carbocycles. The van der Waals surface area contributed by atoms with Gasteiger partial charge in [0.25, 0.3) is 0 Å². The lowest BCUT2D eigenvalue weighted by molar-refractivity contribution is 0.603. The molecule has 18 heavy (non-hydrogen) atoms. The van der Waals surface area contributed by atoms with Gasteiger partial charge >= 0.3 is 5.69 Å². The number of H-pyrrole nitrogens is 1. The molecule has 0 aliphatic rings. The fourth-order valence-corrected chi connectivity index (χ4v) is 2.29. The number of nitrogens with one attached hydrogen (secondary N) is 1. The zero-order chi connectivity index (χ0) is 13.1. The van der Waals surface area contributed by atoms with Crippen molar-refractivity contribution in [3.63, 3.8) is 0 Å². The molecule has 0 fully saturated rings. The molecule has 0 saturated carbocycles. The molecule has 0 aliphatic heterocycles. The van der Waals surface area contributed by atoms with Crippen LogP contribution in [0.3, 0.4) is 0 Å². The summed E-state index contributed by atoms with van der Waals surface area (Å²) in [6.07, 6.45) is 0.834. The van der Waals surface area contributed by atoms with Crippen LogP contribution in [0.25, 0.3) is 0 Å². The Hall–Kier alpha value is -2.03. The van der Waals surface area contributed by atoms with Gasteiger partial charge in [-0.2, -0.15) is 4.98 Å². The van der Waals surface area contributed by atoms with Gasteiger partial charge in [0.1, 0.15) is 10.8 Å². The zero-order valence-electron chi connectivity index (χ0n) is 9.75. The Bertz CT molecular complexity index is 585. The maximum atomic E-state index is 11.5. The van der Waals surface area contributed by atoms with Crippen molar-refractivity contribution in [2.75, 3.05) is 11.5 Å². The standard InChI is InChI=1S/C9H13N7OS/c1-2-3-16-8(17)14-15-9(16)18-6-4-5(10)12-7(11)13-6/h4H,2-3H2,1H3,(H,14,17)(H4,10,11,12,13). The van der Waals surface area contributed by atoms with Gasteiger partial charge < -0.3 is 11.5 Å². The molecule has 2 rings (SSSR count). The SMILES string of the molecule is CCCn1c(Sc2cc(N)nc(N)n2)n[nH]c1=O. The summed E-state index contributed by atoms with van der Waals surface area (Å²) in [5.74, 6) is 0.377. The molecular formula is C9H13N7OS. The normalized spacial score (nSPS) is 10.7. The average molecular weight is 267 g/mol. The van der Waals surface area contributed by atoms with E-state index < -0.39 is 0 Å². The van der Waals surface area contributed by atoms with Crippen molar-refractivity contribution >= 4 is 23.5 Å². The highest BCUT2D eigenvalue weighted by atomic mass is 32.2. The Morgan fingerprint density at radius 3 is 2.89 bits per heavy atom. The summed E-state index contributed by atoms with van der Waals surface area (Å²) < 4.78 is 1.54. The smallest absolute Gasteiger partial charge is 0.343 e. The number of hydrogen-bond acceptors (Lipinski definition) is 7. The van der Waals surface area contributed by atoms with E-state index in [9.17, 15) is 4.79 Å². The lowest BCUT2D eigenvalue weighted by Crippen LogP contribution is -2.17. The van der Waals surface area contributed by atoms with E-state index in [1.165, 1.54) is 11.8 Å². The quantitative estimate of drug-likeness (QED) is 0.669. The second-order valence-electron chi connectivity index (χ2n) is 3.55. The topological polar surface area (TPSA) is 128 Å². The third-order valence-electron chi connectivity index (χ3n) is 2.11. The molecule has 96 valence electrons. The van der Waals surface area contributed by atoms with E-state index in [1.807, 2.05) is 6.92 Å². The van der Waals surface area contributed by atoms with Gasteiger partial charge in [0.2, 0.25) is 5.95 Å². The van der Waals surface area contributed by atoms with Crippen molar-refractivity contribution in [1.82, 2.24) is 24.7 Å². The number of aromatic amines is 1. The highest BCUT2D eigenvalue weighted by molar-refractivity contribution is 7.99. The highest BCUT2D eigenvalue weighted by Crippen LogP contribution is 2.24. The minimum absolute atomic E-state index is 0.0948. The lowest BCUT2D eigenvalue weighted by Gasteiger charge is -2.04. The summed E-state index contributed by atoms with van der Waals surface area (Å²) >= 11 is 1.21. The van der Waals surface area contributed by atoms with E-state index >= 15 is 0 Å². The van der Waals surface area contributed by atoms with E-state index in [2.05, 4.69) is 20.2 Å². The Labute approximate surface area is 107 Å². The molecule has 8 nitrogen and oxygen atoms in total. The Kier molecular flexibility index (Phi) is 3.51. The Balaban J connectivity index is 2.31. The first-order valence-electron chi connectivity index (χ1n) is 5.33. The van der Waals surface area contributed by atoms with Crippen LogP contribution in [-0.4, -0.2) is 24.7 Å². The minimum atomic E-state index is -0.241. The summed E-state index contributed by atoms with van der Waals surface area (Å²) in [6.45, 7) is 2.57. The number of rotatable bonds is 4. The maximum absolute atomic E-state index is 11.5.